The monoisotopic (exact) mass is 202 g/mol. The van der Waals surface area contributed by atoms with Crippen molar-refractivity contribution in [2.24, 2.45) is 7.05 Å². The van der Waals surface area contributed by atoms with Crippen molar-refractivity contribution in [2.45, 2.75) is 32.3 Å². The third-order valence-electron chi connectivity index (χ3n) is 2.14. The molecule has 0 aliphatic carbocycles. The van der Waals surface area contributed by atoms with E-state index < -0.39 is 5.60 Å². The molecule has 0 aliphatic heterocycles. The number of hydrogen-bond acceptors (Lipinski definition) is 2. The highest BCUT2D eigenvalue weighted by molar-refractivity contribution is 6.31. The number of hydrogen-bond donors (Lipinski definition) is 1. The first-order chi connectivity index (χ1) is 5.99. The van der Waals surface area contributed by atoms with Crippen LogP contribution in [0.1, 0.15) is 32.4 Å². The maximum absolute atomic E-state index is 10.1. The molecule has 1 heterocycles. The third kappa shape index (κ3) is 2.03. The highest BCUT2D eigenvalue weighted by Crippen LogP contribution is 2.30. The Bertz CT molecular complexity index is 274. The van der Waals surface area contributed by atoms with Crippen molar-refractivity contribution in [1.29, 1.82) is 0 Å². The predicted octanol–water partition coefficient (Wildman–Crippen LogP) is 2.08. The van der Waals surface area contributed by atoms with Crippen molar-refractivity contribution in [3.05, 3.63) is 16.9 Å². The van der Waals surface area contributed by atoms with Gasteiger partial charge in [-0.3, -0.25) is 4.68 Å². The molecule has 0 radical (unpaired) electrons. The number of aliphatic hydroxyl groups is 1. The van der Waals surface area contributed by atoms with Crippen LogP contribution in [0.4, 0.5) is 0 Å². The predicted molar refractivity (Wildman–Crippen MR) is 52.7 cm³/mol. The summed E-state index contributed by atoms with van der Waals surface area (Å²) in [5, 5.41) is 14.6. The summed E-state index contributed by atoms with van der Waals surface area (Å²) in [6, 6.07) is 0. The Labute approximate surface area is 83.3 Å². The first kappa shape index (κ1) is 10.5. The highest BCUT2D eigenvalue weighted by Gasteiger charge is 2.28. The lowest BCUT2D eigenvalue weighted by Gasteiger charge is -2.23. The zero-order valence-corrected chi connectivity index (χ0v) is 8.97. The van der Waals surface area contributed by atoms with E-state index in [9.17, 15) is 5.11 Å². The first-order valence-corrected chi connectivity index (χ1v) is 4.77. The lowest BCUT2D eigenvalue weighted by Crippen LogP contribution is -2.24. The Morgan fingerprint density at radius 3 is 2.69 bits per heavy atom. The molecule has 4 heteroatoms. The van der Waals surface area contributed by atoms with E-state index in [4.69, 9.17) is 11.6 Å². The zero-order chi connectivity index (χ0) is 10.1. The molecule has 1 aromatic rings. The molecule has 74 valence electrons. The summed E-state index contributed by atoms with van der Waals surface area (Å²) in [5.41, 5.74) is -0.187. The van der Waals surface area contributed by atoms with Crippen LogP contribution in [-0.4, -0.2) is 14.9 Å². The van der Waals surface area contributed by atoms with E-state index in [-0.39, 0.29) is 0 Å². The van der Waals surface area contributed by atoms with Crippen molar-refractivity contribution < 1.29 is 5.11 Å². The van der Waals surface area contributed by atoms with Gasteiger partial charge in [-0.2, -0.15) is 5.10 Å². The third-order valence-corrected chi connectivity index (χ3v) is 2.42. The average molecular weight is 203 g/mol. The Hall–Kier alpha value is -0.540. The molecule has 0 aromatic carbocycles. The van der Waals surface area contributed by atoms with Crippen LogP contribution in [0.25, 0.3) is 0 Å². The summed E-state index contributed by atoms with van der Waals surface area (Å²) in [6.07, 6.45) is 3.15. The van der Waals surface area contributed by atoms with Gasteiger partial charge in [0.05, 0.1) is 16.9 Å². The molecule has 0 amide bonds. The smallest absolute Gasteiger partial charge is 0.105 e. The van der Waals surface area contributed by atoms with Gasteiger partial charge < -0.3 is 5.11 Å². The van der Waals surface area contributed by atoms with E-state index in [0.717, 1.165) is 6.42 Å². The summed E-state index contributed by atoms with van der Waals surface area (Å²) >= 11 is 5.92. The lowest BCUT2D eigenvalue weighted by molar-refractivity contribution is 0.0387. The molecule has 1 aromatic heterocycles. The van der Waals surface area contributed by atoms with Gasteiger partial charge in [-0.25, -0.2) is 0 Å². The van der Waals surface area contributed by atoms with Crippen LogP contribution in [0.15, 0.2) is 6.20 Å². The van der Waals surface area contributed by atoms with Crippen LogP contribution in [-0.2, 0) is 12.6 Å². The molecular weight excluding hydrogens is 188 g/mol. The second-order valence-corrected chi connectivity index (χ2v) is 3.90. The second-order valence-electron chi connectivity index (χ2n) is 3.49. The number of nitrogens with zero attached hydrogens (tertiary/aromatic N) is 2. The Kier molecular flexibility index (Phi) is 2.98. The van der Waals surface area contributed by atoms with Crippen molar-refractivity contribution in [3.63, 3.8) is 0 Å². The fourth-order valence-corrected chi connectivity index (χ4v) is 1.99. The van der Waals surface area contributed by atoms with Gasteiger partial charge in [0.1, 0.15) is 5.60 Å². The van der Waals surface area contributed by atoms with Crippen LogP contribution in [0, 0.1) is 0 Å². The minimum atomic E-state index is -0.878. The van der Waals surface area contributed by atoms with Crippen molar-refractivity contribution in [3.8, 4) is 0 Å². The molecule has 0 bridgehead atoms. The molecule has 0 aliphatic rings. The van der Waals surface area contributed by atoms with Gasteiger partial charge in [-0.15, -0.1) is 0 Å². The molecule has 3 nitrogen and oxygen atoms in total. The number of aryl methyl sites for hydroxylation is 1. The van der Waals surface area contributed by atoms with E-state index in [2.05, 4.69) is 5.10 Å². The highest BCUT2D eigenvalue weighted by atomic mass is 35.5. The topological polar surface area (TPSA) is 38.1 Å². The van der Waals surface area contributed by atoms with Crippen LogP contribution >= 0.6 is 11.6 Å². The van der Waals surface area contributed by atoms with E-state index >= 15 is 0 Å². The van der Waals surface area contributed by atoms with Gasteiger partial charge in [-0.05, 0) is 13.3 Å². The quantitative estimate of drug-likeness (QED) is 0.815. The molecule has 1 unspecified atom stereocenters. The normalized spacial score (nSPS) is 15.8. The number of halogens is 1. The summed E-state index contributed by atoms with van der Waals surface area (Å²) < 4.78 is 1.62. The van der Waals surface area contributed by atoms with E-state index in [1.165, 1.54) is 0 Å². The first-order valence-electron chi connectivity index (χ1n) is 4.39. The SMILES string of the molecule is CCCC(C)(O)c1c(Cl)cnn1C. The molecule has 1 rings (SSSR count). The van der Waals surface area contributed by atoms with Gasteiger partial charge >= 0.3 is 0 Å². The van der Waals surface area contributed by atoms with E-state index in [1.807, 2.05) is 6.92 Å². The summed E-state index contributed by atoms with van der Waals surface area (Å²) in [5.74, 6) is 0. The zero-order valence-electron chi connectivity index (χ0n) is 8.21. The molecular formula is C9H15ClN2O. The Morgan fingerprint density at radius 1 is 1.69 bits per heavy atom. The van der Waals surface area contributed by atoms with E-state index in [0.29, 0.717) is 17.1 Å². The number of rotatable bonds is 3. The summed E-state index contributed by atoms with van der Waals surface area (Å²) in [6.45, 7) is 3.79. The van der Waals surface area contributed by atoms with Crippen molar-refractivity contribution in [1.82, 2.24) is 9.78 Å². The minimum absolute atomic E-state index is 0.529. The van der Waals surface area contributed by atoms with Gasteiger partial charge in [0.2, 0.25) is 0 Å². The summed E-state index contributed by atoms with van der Waals surface area (Å²) in [7, 11) is 1.78. The van der Waals surface area contributed by atoms with Crippen LogP contribution in [0.5, 0.6) is 0 Å². The molecule has 0 saturated heterocycles. The average Bonchev–Trinajstić information content (AvgIpc) is 2.31. The molecule has 0 spiro atoms. The van der Waals surface area contributed by atoms with Gasteiger partial charge in [0.15, 0.2) is 0 Å². The second kappa shape index (κ2) is 3.68. The number of aromatic nitrogens is 2. The van der Waals surface area contributed by atoms with Crippen LogP contribution < -0.4 is 0 Å². The maximum atomic E-state index is 10.1. The van der Waals surface area contributed by atoms with Gasteiger partial charge in [-0.1, -0.05) is 24.9 Å². The molecule has 13 heavy (non-hydrogen) atoms. The fourth-order valence-electron chi connectivity index (χ4n) is 1.62. The van der Waals surface area contributed by atoms with Crippen molar-refractivity contribution >= 4 is 11.6 Å². The Morgan fingerprint density at radius 2 is 2.31 bits per heavy atom. The molecule has 0 fully saturated rings. The van der Waals surface area contributed by atoms with Crippen LogP contribution in [0.2, 0.25) is 5.02 Å². The molecule has 1 atom stereocenters. The van der Waals surface area contributed by atoms with Crippen molar-refractivity contribution in [2.75, 3.05) is 0 Å². The lowest BCUT2D eigenvalue weighted by atomic mass is 9.96. The van der Waals surface area contributed by atoms with Gasteiger partial charge in [0, 0.05) is 7.05 Å². The van der Waals surface area contributed by atoms with Crippen LogP contribution in [0.3, 0.4) is 0 Å². The molecule has 1 N–H and O–H groups in total. The molecule has 0 saturated carbocycles. The fraction of sp³-hybridized carbons (Fsp3) is 0.667. The summed E-state index contributed by atoms with van der Waals surface area (Å²) in [4.78, 5) is 0. The standard InChI is InChI=1S/C9H15ClN2O/c1-4-5-9(2,13)8-7(10)6-11-12(8)3/h6,13H,4-5H2,1-3H3. The van der Waals surface area contributed by atoms with E-state index in [1.54, 1.807) is 24.9 Å². The minimum Gasteiger partial charge on any atom is -0.384 e. The largest absolute Gasteiger partial charge is 0.384 e. The Balaban J connectivity index is 3.05. The van der Waals surface area contributed by atoms with Gasteiger partial charge in [0.25, 0.3) is 0 Å². The maximum Gasteiger partial charge on any atom is 0.105 e.